The summed E-state index contributed by atoms with van der Waals surface area (Å²) in [5, 5.41) is 0. The maximum Gasteiger partial charge on any atom is 0.0458 e. The minimum Gasteiger partial charge on any atom is -0.398 e. The smallest absolute Gasteiger partial charge is 0.0458 e. The summed E-state index contributed by atoms with van der Waals surface area (Å²) in [6.45, 7) is 3.25. The molecule has 0 spiro atoms. The fraction of sp³-hybridized carbons (Fsp3) is 0.538. The Labute approximate surface area is 117 Å². The second-order valence-electron chi connectivity index (χ2n) is 4.40. The Hall–Kier alpha value is -0.190. The van der Waals surface area contributed by atoms with Gasteiger partial charge in [-0.05, 0) is 66.0 Å². The molecule has 0 aliphatic heterocycles. The third-order valence-electron chi connectivity index (χ3n) is 2.99. The van der Waals surface area contributed by atoms with Crippen LogP contribution in [0.1, 0.15) is 18.9 Å². The lowest BCUT2D eigenvalue weighted by Crippen LogP contribution is -2.29. The van der Waals surface area contributed by atoms with Crippen LogP contribution in [-0.2, 0) is 6.54 Å². The number of hydrogen-bond acceptors (Lipinski definition) is 3. The molecule has 0 saturated heterocycles. The van der Waals surface area contributed by atoms with E-state index in [4.69, 9.17) is 5.73 Å². The number of anilines is 1. The molecule has 2 N–H and O–H groups in total. The highest BCUT2D eigenvalue weighted by Crippen LogP contribution is 2.21. The zero-order valence-corrected chi connectivity index (χ0v) is 13.1. The molecule has 0 aliphatic rings. The third-order valence-corrected chi connectivity index (χ3v) is 4.32. The van der Waals surface area contributed by atoms with Gasteiger partial charge in [0.2, 0.25) is 0 Å². The van der Waals surface area contributed by atoms with Crippen LogP contribution in [0.3, 0.4) is 0 Å². The predicted molar refractivity (Wildman–Crippen MR) is 82.5 cm³/mol. The number of benzene rings is 1. The molecule has 17 heavy (non-hydrogen) atoms. The van der Waals surface area contributed by atoms with Crippen LogP contribution in [0.15, 0.2) is 22.7 Å². The van der Waals surface area contributed by atoms with Crippen LogP contribution in [0.25, 0.3) is 0 Å². The summed E-state index contributed by atoms with van der Waals surface area (Å²) in [5.41, 5.74) is 7.88. The molecule has 1 unspecified atom stereocenters. The molecule has 1 rings (SSSR count). The third kappa shape index (κ3) is 4.90. The number of rotatable bonds is 6. The zero-order chi connectivity index (χ0) is 12.8. The van der Waals surface area contributed by atoms with E-state index in [-0.39, 0.29) is 0 Å². The second kappa shape index (κ2) is 7.29. The topological polar surface area (TPSA) is 29.3 Å². The van der Waals surface area contributed by atoms with Crippen molar-refractivity contribution in [2.75, 3.05) is 24.8 Å². The van der Waals surface area contributed by atoms with E-state index in [9.17, 15) is 0 Å². The Morgan fingerprint density at radius 1 is 1.47 bits per heavy atom. The average Bonchev–Trinajstić information content (AvgIpc) is 2.30. The van der Waals surface area contributed by atoms with Crippen LogP contribution in [0.5, 0.6) is 0 Å². The number of nitrogens with two attached hydrogens (primary N) is 1. The fourth-order valence-electron chi connectivity index (χ4n) is 1.62. The first kappa shape index (κ1) is 14.9. The van der Waals surface area contributed by atoms with E-state index in [1.165, 1.54) is 17.7 Å². The van der Waals surface area contributed by atoms with Gasteiger partial charge in [0.1, 0.15) is 0 Å². The number of thioether (sulfide) groups is 1. The van der Waals surface area contributed by atoms with Crippen LogP contribution in [0.4, 0.5) is 5.69 Å². The van der Waals surface area contributed by atoms with Gasteiger partial charge in [0.15, 0.2) is 0 Å². The molecular formula is C13H21BrN2S. The largest absolute Gasteiger partial charge is 0.398 e. The van der Waals surface area contributed by atoms with E-state index >= 15 is 0 Å². The van der Waals surface area contributed by atoms with Crippen molar-refractivity contribution in [3.63, 3.8) is 0 Å². The molecule has 0 fully saturated rings. The Morgan fingerprint density at radius 2 is 2.18 bits per heavy atom. The molecular weight excluding hydrogens is 296 g/mol. The summed E-state index contributed by atoms with van der Waals surface area (Å²) in [6.07, 6.45) is 3.39. The summed E-state index contributed by atoms with van der Waals surface area (Å²) in [7, 11) is 2.18. The molecule has 0 aliphatic carbocycles. The molecule has 0 amide bonds. The Kier molecular flexibility index (Phi) is 6.38. The lowest BCUT2D eigenvalue weighted by molar-refractivity contribution is 0.245. The van der Waals surface area contributed by atoms with E-state index < -0.39 is 0 Å². The van der Waals surface area contributed by atoms with Crippen molar-refractivity contribution in [3.8, 4) is 0 Å². The highest BCUT2D eigenvalue weighted by Gasteiger charge is 2.09. The van der Waals surface area contributed by atoms with Gasteiger partial charge in [0, 0.05) is 22.7 Å². The van der Waals surface area contributed by atoms with Crippen molar-refractivity contribution >= 4 is 33.4 Å². The van der Waals surface area contributed by atoms with Crippen LogP contribution >= 0.6 is 27.7 Å². The Balaban J connectivity index is 2.55. The van der Waals surface area contributed by atoms with Crippen molar-refractivity contribution in [2.45, 2.75) is 25.9 Å². The molecule has 0 bridgehead atoms. The van der Waals surface area contributed by atoms with E-state index in [0.717, 1.165) is 16.7 Å². The summed E-state index contributed by atoms with van der Waals surface area (Å²) < 4.78 is 0.986. The van der Waals surface area contributed by atoms with Crippen molar-refractivity contribution < 1.29 is 0 Å². The first-order valence-corrected chi connectivity index (χ1v) is 7.96. The van der Waals surface area contributed by atoms with Gasteiger partial charge in [-0.3, -0.25) is 4.90 Å². The van der Waals surface area contributed by atoms with E-state index in [2.05, 4.69) is 53.2 Å². The quantitative estimate of drug-likeness (QED) is 0.813. The molecule has 0 heterocycles. The zero-order valence-electron chi connectivity index (χ0n) is 10.7. The molecule has 96 valence electrons. The summed E-state index contributed by atoms with van der Waals surface area (Å²) in [5.74, 6) is 1.22. The Bertz CT molecular complexity index is 357. The molecule has 0 radical (unpaired) electrons. The van der Waals surface area contributed by atoms with Gasteiger partial charge in [-0.25, -0.2) is 0 Å². The van der Waals surface area contributed by atoms with Gasteiger partial charge in [-0.15, -0.1) is 0 Å². The van der Waals surface area contributed by atoms with Gasteiger partial charge in [0.25, 0.3) is 0 Å². The van der Waals surface area contributed by atoms with Crippen molar-refractivity contribution in [1.29, 1.82) is 0 Å². The molecule has 4 heteroatoms. The van der Waals surface area contributed by atoms with Crippen LogP contribution in [-0.4, -0.2) is 30.0 Å². The van der Waals surface area contributed by atoms with Gasteiger partial charge in [-0.1, -0.05) is 6.07 Å². The first-order chi connectivity index (χ1) is 8.04. The lowest BCUT2D eigenvalue weighted by Gasteiger charge is -2.24. The molecule has 1 aromatic rings. The standard InChI is InChI=1S/C13H21BrN2S/c1-10(6-7-17-3)16(2)9-11-4-5-13(15)12(14)8-11/h4-5,8,10H,6-7,9,15H2,1-3H3. The van der Waals surface area contributed by atoms with Crippen molar-refractivity contribution in [3.05, 3.63) is 28.2 Å². The van der Waals surface area contributed by atoms with Gasteiger partial charge in [0.05, 0.1) is 0 Å². The number of halogens is 1. The maximum absolute atomic E-state index is 5.78. The SMILES string of the molecule is CSCCC(C)N(C)Cc1ccc(N)c(Br)c1. The minimum absolute atomic E-state index is 0.610. The highest BCUT2D eigenvalue weighted by atomic mass is 79.9. The van der Waals surface area contributed by atoms with E-state index in [0.29, 0.717) is 6.04 Å². The molecule has 0 saturated carbocycles. The molecule has 2 nitrogen and oxygen atoms in total. The summed E-state index contributed by atoms with van der Waals surface area (Å²) >= 11 is 5.38. The monoisotopic (exact) mass is 316 g/mol. The van der Waals surface area contributed by atoms with Gasteiger partial charge >= 0.3 is 0 Å². The average molecular weight is 317 g/mol. The first-order valence-electron chi connectivity index (χ1n) is 5.77. The number of nitrogen functional groups attached to an aromatic ring is 1. The summed E-state index contributed by atoms with van der Waals surface area (Å²) in [4.78, 5) is 2.38. The van der Waals surface area contributed by atoms with Gasteiger partial charge in [-0.2, -0.15) is 11.8 Å². The fourth-order valence-corrected chi connectivity index (χ4v) is 2.62. The normalized spacial score (nSPS) is 13.0. The molecule has 1 atom stereocenters. The van der Waals surface area contributed by atoms with Crippen LogP contribution in [0.2, 0.25) is 0 Å². The number of nitrogens with zero attached hydrogens (tertiary/aromatic N) is 1. The minimum atomic E-state index is 0.610. The van der Waals surface area contributed by atoms with Crippen molar-refractivity contribution in [2.24, 2.45) is 0 Å². The lowest BCUT2D eigenvalue weighted by atomic mass is 10.1. The molecule has 1 aromatic carbocycles. The van der Waals surface area contributed by atoms with E-state index in [1.807, 2.05) is 17.8 Å². The summed E-state index contributed by atoms with van der Waals surface area (Å²) in [6, 6.07) is 6.77. The van der Waals surface area contributed by atoms with Crippen molar-refractivity contribution in [1.82, 2.24) is 4.90 Å². The second-order valence-corrected chi connectivity index (χ2v) is 6.24. The van der Waals surface area contributed by atoms with Crippen LogP contribution in [0, 0.1) is 0 Å². The number of hydrogen-bond donors (Lipinski definition) is 1. The maximum atomic E-state index is 5.78. The van der Waals surface area contributed by atoms with Gasteiger partial charge < -0.3 is 5.73 Å². The highest BCUT2D eigenvalue weighted by molar-refractivity contribution is 9.10. The molecule has 0 aromatic heterocycles. The van der Waals surface area contributed by atoms with Crippen LogP contribution < -0.4 is 5.73 Å². The van der Waals surface area contributed by atoms with E-state index in [1.54, 1.807) is 0 Å². The Morgan fingerprint density at radius 3 is 2.76 bits per heavy atom. The predicted octanol–water partition coefficient (Wildman–Crippen LogP) is 3.60.